The number of carboxylic acids is 1. The van der Waals surface area contributed by atoms with Gasteiger partial charge in [-0.1, -0.05) is 6.92 Å². The lowest BCUT2D eigenvalue weighted by Gasteiger charge is -2.43. The maximum absolute atomic E-state index is 12.0. The number of hydrogen-bond acceptors (Lipinski definition) is 2. The zero-order valence-electron chi connectivity index (χ0n) is 10.3. The van der Waals surface area contributed by atoms with E-state index >= 15 is 0 Å². The molecular formula is C12H20N2O3. The van der Waals surface area contributed by atoms with E-state index in [1.807, 2.05) is 4.90 Å². The van der Waals surface area contributed by atoms with E-state index < -0.39 is 5.97 Å². The van der Waals surface area contributed by atoms with Crippen LogP contribution in [0.5, 0.6) is 0 Å². The quantitative estimate of drug-likeness (QED) is 0.790. The van der Waals surface area contributed by atoms with E-state index in [2.05, 4.69) is 6.92 Å². The first kappa shape index (κ1) is 12.2. The third kappa shape index (κ3) is 2.90. The molecule has 2 aliphatic rings. The average molecular weight is 240 g/mol. The summed E-state index contributed by atoms with van der Waals surface area (Å²) >= 11 is 0. The number of amides is 2. The van der Waals surface area contributed by atoms with E-state index in [0.717, 1.165) is 31.8 Å². The number of carboxylic acid groups (broad SMARTS) is 1. The maximum atomic E-state index is 12.0. The van der Waals surface area contributed by atoms with Gasteiger partial charge in [-0.15, -0.1) is 0 Å². The van der Waals surface area contributed by atoms with Crippen LogP contribution < -0.4 is 0 Å². The molecule has 2 heterocycles. The SMILES string of the molecule is CC1CCN(C(=O)N2CC(CC(=O)O)C2)CC1. The van der Waals surface area contributed by atoms with Crippen LogP contribution in [0.4, 0.5) is 4.79 Å². The molecule has 0 spiro atoms. The molecule has 96 valence electrons. The predicted octanol–water partition coefficient (Wildman–Crippen LogP) is 1.24. The van der Waals surface area contributed by atoms with Crippen LogP contribution in [-0.2, 0) is 4.79 Å². The Morgan fingerprint density at radius 2 is 1.76 bits per heavy atom. The van der Waals surface area contributed by atoms with Gasteiger partial charge in [0.25, 0.3) is 0 Å². The molecule has 0 saturated carbocycles. The van der Waals surface area contributed by atoms with Gasteiger partial charge >= 0.3 is 12.0 Å². The standard InChI is InChI=1S/C12H20N2O3/c1-9-2-4-13(5-3-9)12(17)14-7-10(8-14)6-11(15)16/h9-10H,2-8H2,1H3,(H,15,16). The van der Waals surface area contributed by atoms with Gasteiger partial charge < -0.3 is 14.9 Å². The van der Waals surface area contributed by atoms with Crippen LogP contribution in [0, 0.1) is 11.8 Å². The van der Waals surface area contributed by atoms with E-state index in [9.17, 15) is 9.59 Å². The van der Waals surface area contributed by atoms with Crippen LogP contribution in [-0.4, -0.2) is 53.1 Å². The Kier molecular flexibility index (Phi) is 3.54. The number of aliphatic carboxylic acids is 1. The zero-order valence-corrected chi connectivity index (χ0v) is 10.3. The number of hydrogen-bond donors (Lipinski definition) is 1. The first-order valence-electron chi connectivity index (χ1n) is 6.32. The van der Waals surface area contributed by atoms with Crippen molar-refractivity contribution in [3.05, 3.63) is 0 Å². The van der Waals surface area contributed by atoms with Gasteiger partial charge in [0.2, 0.25) is 0 Å². The van der Waals surface area contributed by atoms with Crippen molar-refractivity contribution in [1.29, 1.82) is 0 Å². The largest absolute Gasteiger partial charge is 0.481 e. The summed E-state index contributed by atoms with van der Waals surface area (Å²) in [4.78, 5) is 26.2. The van der Waals surface area contributed by atoms with E-state index in [0.29, 0.717) is 13.1 Å². The van der Waals surface area contributed by atoms with Crippen molar-refractivity contribution >= 4 is 12.0 Å². The van der Waals surface area contributed by atoms with Crippen molar-refractivity contribution in [2.45, 2.75) is 26.2 Å². The fourth-order valence-corrected chi connectivity index (χ4v) is 2.50. The average Bonchev–Trinajstić information content (AvgIpc) is 2.23. The normalized spacial score (nSPS) is 22.4. The second-order valence-electron chi connectivity index (χ2n) is 5.32. The van der Waals surface area contributed by atoms with E-state index in [1.54, 1.807) is 4.90 Å². The smallest absolute Gasteiger partial charge is 0.320 e. The summed E-state index contributed by atoms with van der Waals surface area (Å²) in [7, 11) is 0. The number of nitrogens with zero attached hydrogens (tertiary/aromatic N) is 2. The molecular weight excluding hydrogens is 220 g/mol. The summed E-state index contributed by atoms with van der Waals surface area (Å²) in [5, 5.41) is 8.64. The van der Waals surface area contributed by atoms with Crippen molar-refractivity contribution in [1.82, 2.24) is 9.80 Å². The number of piperidine rings is 1. The number of rotatable bonds is 2. The Bertz CT molecular complexity index is 305. The minimum absolute atomic E-state index is 0.0959. The Morgan fingerprint density at radius 3 is 2.29 bits per heavy atom. The summed E-state index contributed by atoms with van der Waals surface area (Å²) in [5.41, 5.74) is 0. The molecule has 2 fully saturated rings. The van der Waals surface area contributed by atoms with Gasteiger partial charge in [0, 0.05) is 32.1 Å². The molecule has 5 heteroatoms. The molecule has 0 aromatic heterocycles. The molecule has 0 aromatic rings. The second-order valence-corrected chi connectivity index (χ2v) is 5.32. The molecule has 2 amide bonds. The first-order valence-corrected chi connectivity index (χ1v) is 6.32. The molecule has 0 aliphatic carbocycles. The minimum atomic E-state index is -0.770. The van der Waals surface area contributed by atoms with Gasteiger partial charge in [0.15, 0.2) is 0 Å². The lowest BCUT2D eigenvalue weighted by Crippen LogP contribution is -2.56. The molecule has 2 saturated heterocycles. The van der Waals surface area contributed by atoms with Crippen LogP contribution >= 0.6 is 0 Å². The lowest BCUT2D eigenvalue weighted by atomic mass is 9.96. The topological polar surface area (TPSA) is 60.9 Å². The van der Waals surface area contributed by atoms with Gasteiger partial charge in [-0.25, -0.2) is 4.79 Å². The molecule has 0 atom stereocenters. The van der Waals surface area contributed by atoms with Gasteiger partial charge in [0.05, 0.1) is 6.42 Å². The fourth-order valence-electron chi connectivity index (χ4n) is 2.50. The van der Waals surface area contributed by atoms with E-state index in [4.69, 9.17) is 5.11 Å². The van der Waals surface area contributed by atoms with Gasteiger partial charge in [-0.05, 0) is 18.8 Å². The van der Waals surface area contributed by atoms with Crippen molar-refractivity contribution < 1.29 is 14.7 Å². The highest BCUT2D eigenvalue weighted by Crippen LogP contribution is 2.23. The molecule has 0 bridgehead atoms. The van der Waals surface area contributed by atoms with Crippen LogP contribution in [0.25, 0.3) is 0 Å². The number of urea groups is 1. The van der Waals surface area contributed by atoms with Crippen molar-refractivity contribution in [2.75, 3.05) is 26.2 Å². The molecule has 2 rings (SSSR count). The van der Waals surface area contributed by atoms with Crippen LogP contribution in [0.15, 0.2) is 0 Å². The van der Waals surface area contributed by atoms with Crippen LogP contribution in [0.3, 0.4) is 0 Å². The Labute approximate surface area is 101 Å². The highest BCUT2D eigenvalue weighted by molar-refractivity contribution is 5.76. The van der Waals surface area contributed by atoms with E-state index in [1.165, 1.54) is 0 Å². The predicted molar refractivity (Wildman–Crippen MR) is 62.7 cm³/mol. The Balaban J connectivity index is 1.73. The Hall–Kier alpha value is -1.26. The summed E-state index contributed by atoms with van der Waals surface area (Å²) in [5.74, 6) is 0.101. The second kappa shape index (κ2) is 4.94. The number of likely N-dealkylation sites (tertiary alicyclic amines) is 2. The van der Waals surface area contributed by atoms with Gasteiger partial charge in [0.1, 0.15) is 0 Å². The zero-order chi connectivity index (χ0) is 12.4. The van der Waals surface area contributed by atoms with Crippen molar-refractivity contribution in [2.24, 2.45) is 11.8 Å². The molecule has 1 N–H and O–H groups in total. The Morgan fingerprint density at radius 1 is 1.18 bits per heavy atom. The van der Waals surface area contributed by atoms with Gasteiger partial charge in [-0.3, -0.25) is 4.79 Å². The van der Waals surface area contributed by atoms with Gasteiger partial charge in [-0.2, -0.15) is 0 Å². The lowest BCUT2D eigenvalue weighted by molar-refractivity contribution is -0.139. The fraction of sp³-hybridized carbons (Fsp3) is 0.833. The van der Waals surface area contributed by atoms with Crippen molar-refractivity contribution in [3.63, 3.8) is 0 Å². The van der Waals surface area contributed by atoms with Crippen LogP contribution in [0.1, 0.15) is 26.2 Å². The molecule has 0 aromatic carbocycles. The summed E-state index contributed by atoms with van der Waals surface area (Å²) < 4.78 is 0. The first-order chi connectivity index (χ1) is 8.06. The van der Waals surface area contributed by atoms with Crippen molar-refractivity contribution in [3.8, 4) is 0 Å². The monoisotopic (exact) mass is 240 g/mol. The summed E-state index contributed by atoms with van der Waals surface area (Å²) in [6, 6.07) is 0.0959. The maximum Gasteiger partial charge on any atom is 0.320 e. The molecule has 5 nitrogen and oxygen atoms in total. The molecule has 17 heavy (non-hydrogen) atoms. The van der Waals surface area contributed by atoms with Crippen LogP contribution in [0.2, 0.25) is 0 Å². The number of carbonyl (C=O) groups is 2. The molecule has 0 radical (unpaired) electrons. The minimum Gasteiger partial charge on any atom is -0.481 e. The third-order valence-electron chi connectivity index (χ3n) is 3.75. The van der Waals surface area contributed by atoms with E-state index in [-0.39, 0.29) is 18.4 Å². The highest BCUT2D eigenvalue weighted by atomic mass is 16.4. The number of carbonyl (C=O) groups excluding carboxylic acids is 1. The molecule has 2 aliphatic heterocycles. The highest BCUT2D eigenvalue weighted by Gasteiger charge is 2.35. The third-order valence-corrected chi connectivity index (χ3v) is 3.75. The summed E-state index contributed by atoms with van der Waals surface area (Å²) in [6.07, 6.45) is 2.34. The molecule has 0 unspecified atom stereocenters. The summed E-state index contributed by atoms with van der Waals surface area (Å²) in [6.45, 7) is 5.13.